The molecule has 2 aromatic heterocycles. The number of thiazole rings is 1. The van der Waals surface area contributed by atoms with E-state index >= 15 is 0 Å². The van der Waals surface area contributed by atoms with Gasteiger partial charge < -0.3 is 0 Å². The fraction of sp³-hybridized carbons (Fsp3) is 0.333. The summed E-state index contributed by atoms with van der Waals surface area (Å²) in [7, 11) is -3.65. The van der Waals surface area contributed by atoms with Crippen molar-refractivity contribution in [2.75, 3.05) is 10.8 Å². The van der Waals surface area contributed by atoms with E-state index in [4.69, 9.17) is 0 Å². The van der Waals surface area contributed by atoms with Crippen LogP contribution in [0.25, 0.3) is 11.3 Å². The van der Waals surface area contributed by atoms with E-state index in [-0.39, 0.29) is 6.04 Å². The number of sulfonamides is 1. The normalized spacial score (nSPS) is 24.6. The van der Waals surface area contributed by atoms with Crippen molar-refractivity contribution >= 4 is 27.0 Å². The molecule has 4 heterocycles. The smallest absolute Gasteiger partial charge is 0.258 e. The van der Waals surface area contributed by atoms with Gasteiger partial charge in [0.05, 0.1) is 22.4 Å². The molecule has 1 spiro atoms. The minimum absolute atomic E-state index is 0.123. The first kappa shape index (κ1) is 22.2. The third-order valence-electron chi connectivity index (χ3n) is 6.64. The molecule has 2 aliphatic rings. The Morgan fingerprint density at radius 3 is 2.91 bits per heavy atom. The second-order valence-electron chi connectivity index (χ2n) is 8.78. The van der Waals surface area contributed by atoms with Gasteiger partial charge >= 0.3 is 0 Å². The highest BCUT2D eigenvalue weighted by molar-refractivity contribution is 7.96. The summed E-state index contributed by atoms with van der Waals surface area (Å²) in [5.41, 5.74) is 4.69. The van der Waals surface area contributed by atoms with E-state index in [2.05, 4.69) is 28.7 Å². The Morgan fingerprint density at radius 2 is 2.15 bits per heavy atom. The number of likely N-dealkylation sites (tertiary alicyclic amines) is 1. The quantitative estimate of drug-likeness (QED) is 0.535. The molecule has 1 aromatic carbocycles. The molecular formula is C24H25FN4O2S2. The van der Waals surface area contributed by atoms with Gasteiger partial charge in [-0.3, -0.25) is 14.2 Å². The zero-order chi connectivity index (χ0) is 23.2. The summed E-state index contributed by atoms with van der Waals surface area (Å²) in [4.78, 5) is 12.4. The molecule has 172 valence electrons. The van der Waals surface area contributed by atoms with Gasteiger partial charge in [0.25, 0.3) is 10.0 Å². The molecule has 0 saturated carbocycles. The molecule has 0 radical (unpaired) electrons. The first-order valence-corrected chi connectivity index (χ1v) is 13.2. The SMILES string of the molecule is Cc1ccncc1-c1ncsc1CN1CC[C@]2(C=CS(=O)(=O)N2c2cccc(F)c2)C[C@@H]1C. The van der Waals surface area contributed by atoms with Crippen LogP contribution in [0.3, 0.4) is 0 Å². The zero-order valence-electron chi connectivity index (χ0n) is 18.5. The highest BCUT2D eigenvalue weighted by Crippen LogP contribution is 2.44. The number of piperidine rings is 1. The van der Waals surface area contributed by atoms with Crippen molar-refractivity contribution in [3.8, 4) is 11.3 Å². The molecule has 0 N–H and O–H groups in total. The third kappa shape index (κ3) is 3.98. The summed E-state index contributed by atoms with van der Waals surface area (Å²) >= 11 is 1.63. The maximum Gasteiger partial charge on any atom is 0.258 e. The van der Waals surface area contributed by atoms with Gasteiger partial charge in [0.1, 0.15) is 5.82 Å². The minimum Gasteiger partial charge on any atom is -0.295 e. The van der Waals surface area contributed by atoms with Crippen LogP contribution in [0.15, 0.2) is 59.7 Å². The molecule has 5 rings (SSSR count). The van der Waals surface area contributed by atoms with E-state index in [1.165, 1.54) is 26.7 Å². The summed E-state index contributed by atoms with van der Waals surface area (Å²) in [5.74, 6) is -0.446. The monoisotopic (exact) mass is 484 g/mol. The van der Waals surface area contributed by atoms with Crippen molar-refractivity contribution in [3.05, 3.63) is 76.0 Å². The van der Waals surface area contributed by atoms with Crippen molar-refractivity contribution in [1.82, 2.24) is 14.9 Å². The molecule has 0 unspecified atom stereocenters. The van der Waals surface area contributed by atoms with E-state index in [1.54, 1.807) is 35.7 Å². The van der Waals surface area contributed by atoms with Crippen molar-refractivity contribution in [2.24, 2.45) is 0 Å². The predicted molar refractivity (Wildman–Crippen MR) is 129 cm³/mol. The zero-order valence-corrected chi connectivity index (χ0v) is 20.1. The lowest BCUT2D eigenvalue weighted by molar-refractivity contribution is 0.121. The molecule has 9 heteroatoms. The van der Waals surface area contributed by atoms with Crippen LogP contribution in [0.5, 0.6) is 0 Å². The van der Waals surface area contributed by atoms with E-state index in [0.717, 1.165) is 29.9 Å². The number of aryl methyl sites for hydroxylation is 1. The Kier molecular flexibility index (Phi) is 5.58. The minimum atomic E-state index is -3.65. The number of anilines is 1. The number of benzene rings is 1. The van der Waals surface area contributed by atoms with Crippen LogP contribution in [-0.4, -0.2) is 41.4 Å². The lowest BCUT2D eigenvalue weighted by Crippen LogP contribution is -2.56. The van der Waals surface area contributed by atoms with Crippen LogP contribution in [0.1, 0.15) is 30.2 Å². The Balaban J connectivity index is 1.40. The summed E-state index contributed by atoms with van der Waals surface area (Å²) < 4.78 is 41.2. The van der Waals surface area contributed by atoms with E-state index in [9.17, 15) is 12.8 Å². The molecule has 3 aromatic rings. The largest absolute Gasteiger partial charge is 0.295 e. The maximum absolute atomic E-state index is 13.9. The lowest BCUT2D eigenvalue weighted by Gasteiger charge is -2.47. The van der Waals surface area contributed by atoms with E-state index in [1.807, 2.05) is 17.8 Å². The summed E-state index contributed by atoms with van der Waals surface area (Å²) in [6.07, 6.45) is 6.68. The Bertz CT molecular complexity index is 1320. The van der Waals surface area contributed by atoms with Crippen LogP contribution in [0.4, 0.5) is 10.1 Å². The number of aromatic nitrogens is 2. The van der Waals surface area contributed by atoms with Gasteiger partial charge in [-0.05, 0) is 62.6 Å². The molecule has 2 aliphatic heterocycles. The predicted octanol–water partition coefficient (Wildman–Crippen LogP) is 4.74. The fourth-order valence-corrected chi connectivity index (χ4v) is 7.46. The molecule has 0 aliphatic carbocycles. The number of rotatable bonds is 4. The first-order valence-electron chi connectivity index (χ1n) is 10.9. The van der Waals surface area contributed by atoms with Gasteiger partial charge in [-0.1, -0.05) is 6.07 Å². The van der Waals surface area contributed by atoms with Crippen LogP contribution >= 0.6 is 11.3 Å². The second kappa shape index (κ2) is 8.30. The molecule has 0 bridgehead atoms. The molecule has 2 atom stereocenters. The fourth-order valence-electron chi connectivity index (χ4n) is 4.97. The van der Waals surface area contributed by atoms with Gasteiger partial charge in [-0.2, -0.15) is 0 Å². The molecule has 33 heavy (non-hydrogen) atoms. The molecular weight excluding hydrogens is 459 g/mol. The van der Waals surface area contributed by atoms with Gasteiger partial charge in [0.2, 0.25) is 0 Å². The standard InChI is InChI=1S/C24H25FN4O2S2/c1-17-6-9-26-14-21(17)23-22(32-16-27-23)15-28-10-7-24(13-18(28)2)8-11-33(30,31)29(24)20-5-3-4-19(25)12-20/h3-6,8-9,11-12,14,16,18H,7,10,13,15H2,1-2H3/t18-,24-/m0/s1. The van der Waals surface area contributed by atoms with Crippen LogP contribution in [0.2, 0.25) is 0 Å². The number of halogens is 1. The van der Waals surface area contributed by atoms with Crippen molar-refractivity contribution < 1.29 is 12.8 Å². The third-order valence-corrected chi connectivity index (χ3v) is 9.02. The van der Waals surface area contributed by atoms with E-state index < -0.39 is 21.4 Å². The highest BCUT2D eigenvalue weighted by atomic mass is 32.2. The topological polar surface area (TPSA) is 66.4 Å². The maximum atomic E-state index is 13.9. The van der Waals surface area contributed by atoms with Gasteiger partial charge in [-0.15, -0.1) is 11.3 Å². The Labute approximate surface area is 197 Å². The van der Waals surface area contributed by atoms with Crippen molar-refractivity contribution in [1.29, 1.82) is 0 Å². The average molecular weight is 485 g/mol. The highest BCUT2D eigenvalue weighted by Gasteiger charge is 2.49. The van der Waals surface area contributed by atoms with E-state index in [0.29, 0.717) is 18.5 Å². The number of pyridine rings is 1. The lowest BCUT2D eigenvalue weighted by atomic mass is 9.83. The first-order chi connectivity index (χ1) is 15.8. The molecule has 0 amide bonds. The Hall–Kier alpha value is -2.62. The average Bonchev–Trinajstić information content (AvgIpc) is 3.32. The Morgan fingerprint density at radius 1 is 1.30 bits per heavy atom. The van der Waals surface area contributed by atoms with Crippen LogP contribution < -0.4 is 4.31 Å². The summed E-state index contributed by atoms with van der Waals surface area (Å²) in [6.45, 7) is 5.64. The van der Waals surface area contributed by atoms with Gasteiger partial charge in [-0.25, -0.2) is 17.8 Å². The van der Waals surface area contributed by atoms with Crippen LogP contribution in [-0.2, 0) is 16.6 Å². The van der Waals surface area contributed by atoms with Crippen molar-refractivity contribution in [2.45, 2.75) is 44.8 Å². The number of nitrogens with zero attached hydrogens (tertiary/aromatic N) is 4. The van der Waals surface area contributed by atoms with Gasteiger partial charge in [0, 0.05) is 47.4 Å². The van der Waals surface area contributed by atoms with Gasteiger partial charge in [0.15, 0.2) is 0 Å². The summed E-state index contributed by atoms with van der Waals surface area (Å²) in [6, 6.07) is 7.94. The molecule has 1 saturated heterocycles. The van der Waals surface area contributed by atoms with Crippen molar-refractivity contribution in [3.63, 3.8) is 0 Å². The molecule has 6 nitrogen and oxygen atoms in total. The second-order valence-corrected chi connectivity index (χ2v) is 11.4. The molecule has 1 fully saturated rings. The summed E-state index contributed by atoms with van der Waals surface area (Å²) in [5, 5.41) is 1.27. The number of hydrogen-bond donors (Lipinski definition) is 0. The van der Waals surface area contributed by atoms with Crippen LogP contribution in [0, 0.1) is 12.7 Å². The number of hydrogen-bond acceptors (Lipinski definition) is 6.